The highest BCUT2D eigenvalue weighted by Gasteiger charge is 2.28. The van der Waals surface area contributed by atoms with E-state index in [0.717, 1.165) is 17.6 Å². The van der Waals surface area contributed by atoms with Gasteiger partial charge in [0.1, 0.15) is 24.8 Å². The van der Waals surface area contributed by atoms with Gasteiger partial charge in [0.15, 0.2) is 0 Å². The van der Waals surface area contributed by atoms with Crippen LogP contribution in [0.2, 0.25) is 0 Å². The highest BCUT2D eigenvalue weighted by atomic mass is 19.1. The number of benzene rings is 1. The molecular weight excluding hydrogens is 304 g/mol. The Morgan fingerprint density at radius 1 is 1.43 bits per heavy atom. The van der Waals surface area contributed by atoms with Crippen LogP contribution in [0.3, 0.4) is 0 Å². The number of halogens is 1. The van der Waals surface area contributed by atoms with Gasteiger partial charge in [-0.3, -0.25) is 14.9 Å². The van der Waals surface area contributed by atoms with Crippen molar-refractivity contribution in [2.75, 3.05) is 0 Å². The van der Waals surface area contributed by atoms with Gasteiger partial charge >= 0.3 is 5.69 Å². The Hall–Kier alpha value is -3.23. The number of aromatic amines is 1. The molecule has 0 bridgehead atoms. The Morgan fingerprint density at radius 2 is 2.17 bits per heavy atom. The number of nitro benzene ring substituents is 1. The molecule has 0 aliphatic carbocycles. The van der Waals surface area contributed by atoms with Crippen LogP contribution in [0, 0.1) is 15.9 Å². The first-order valence-corrected chi connectivity index (χ1v) is 6.54. The molecule has 7 nitrogen and oxygen atoms in total. The Kier molecular flexibility index (Phi) is 3.32. The van der Waals surface area contributed by atoms with Crippen LogP contribution in [-0.4, -0.2) is 33.6 Å². The second-order valence-corrected chi connectivity index (χ2v) is 4.99. The molecule has 2 N–H and O–H groups in total. The standard InChI is InChI=1S/C14H9BFN3O4/c15-6-3-7-8(5-18-14(7)17-4-6)13(21)11-10(20)2-1-9(12(11)16)19(22)23/h1-5,20H,15H2,(H,17,18). The first-order valence-electron chi connectivity index (χ1n) is 6.54. The van der Waals surface area contributed by atoms with Crippen LogP contribution in [0.15, 0.2) is 30.6 Å². The van der Waals surface area contributed by atoms with Crippen molar-refractivity contribution in [3.05, 3.63) is 57.7 Å². The zero-order valence-electron chi connectivity index (χ0n) is 11.8. The fourth-order valence-corrected chi connectivity index (χ4v) is 2.34. The predicted octanol–water partition coefficient (Wildman–Crippen LogP) is 0.805. The maximum Gasteiger partial charge on any atom is 0.305 e. The van der Waals surface area contributed by atoms with Gasteiger partial charge in [0.2, 0.25) is 11.6 Å². The zero-order chi connectivity index (χ0) is 16.7. The summed E-state index contributed by atoms with van der Waals surface area (Å²) in [5.41, 5.74) is -0.327. The molecule has 3 aromatic rings. The van der Waals surface area contributed by atoms with Crippen molar-refractivity contribution < 1.29 is 19.2 Å². The van der Waals surface area contributed by atoms with E-state index in [2.05, 4.69) is 9.97 Å². The van der Waals surface area contributed by atoms with Crippen molar-refractivity contribution in [3.8, 4) is 5.75 Å². The minimum Gasteiger partial charge on any atom is -0.507 e. The highest BCUT2D eigenvalue weighted by molar-refractivity contribution is 6.33. The van der Waals surface area contributed by atoms with Gasteiger partial charge in [-0.1, -0.05) is 11.5 Å². The molecule has 0 saturated carbocycles. The van der Waals surface area contributed by atoms with E-state index < -0.39 is 33.5 Å². The van der Waals surface area contributed by atoms with Crippen LogP contribution in [0.25, 0.3) is 11.0 Å². The molecule has 0 fully saturated rings. The minimum atomic E-state index is -1.37. The molecule has 0 amide bonds. The second-order valence-electron chi connectivity index (χ2n) is 4.99. The summed E-state index contributed by atoms with van der Waals surface area (Å²) >= 11 is 0. The number of pyridine rings is 1. The molecule has 2 aromatic heterocycles. The number of H-pyrrole nitrogens is 1. The number of phenols is 1. The van der Waals surface area contributed by atoms with E-state index in [9.17, 15) is 24.4 Å². The van der Waals surface area contributed by atoms with Gasteiger partial charge in [-0.25, -0.2) is 4.98 Å². The number of nitro groups is 1. The fraction of sp³-hybridized carbons (Fsp3) is 0. The number of rotatable bonds is 3. The first kappa shape index (κ1) is 14.7. The van der Waals surface area contributed by atoms with Gasteiger partial charge < -0.3 is 10.1 Å². The molecule has 114 valence electrons. The lowest BCUT2D eigenvalue weighted by atomic mass is 9.95. The number of hydrogen-bond donors (Lipinski definition) is 2. The van der Waals surface area contributed by atoms with E-state index in [-0.39, 0.29) is 5.56 Å². The lowest BCUT2D eigenvalue weighted by Gasteiger charge is -2.05. The maximum absolute atomic E-state index is 14.3. The van der Waals surface area contributed by atoms with E-state index in [1.54, 1.807) is 20.1 Å². The largest absolute Gasteiger partial charge is 0.507 e. The maximum atomic E-state index is 14.3. The van der Waals surface area contributed by atoms with Crippen molar-refractivity contribution in [1.82, 2.24) is 9.97 Å². The van der Waals surface area contributed by atoms with E-state index in [1.165, 1.54) is 6.20 Å². The van der Waals surface area contributed by atoms with Crippen LogP contribution in [0.5, 0.6) is 5.75 Å². The summed E-state index contributed by atoms with van der Waals surface area (Å²) < 4.78 is 14.3. The van der Waals surface area contributed by atoms with Gasteiger partial charge in [-0.2, -0.15) is 4.39 Å². The molecule has 0 radical (unpaired) electrons. The summed E-state index contributed by atoms with van der Waals surface area (Å²) in [5, 5.41) is 21.0. The third kappa shape index (κ3) is 2.31. The molecule has 0 unspecified atom stereocenters. The van der Waals surface area contributed by atoms with E-state index in [0.29, 0.717) is 11.0 Å². The number of hydrogen-bond acceptors (Lipinski definition) is 5. The van der Waals surface area contributed by atoms with E-state index >= 15 is 0 Å². The van der Waals surface area contributed by atoms with Gasteiger partial charge in [0, 0.05) is 29.4 Å². The predicted molar refractivity (Wildman–Crippen MR) is 82.4 cm³/mol. The average Bonchev–Trinajstić information content (AvgIpc) is 2.89. The number of fused-ring (bicyclic) bond motifs is 1. The molecule has 0 aliphatic rings. The molecule has 2 heterocycles. The summed E-state index contributed by atoms with van der Waals surface area (Å²) in [6, 6.07) is 3.41. The fourth-order valence-electron chi connectivity index (χ4n) is 2.34. The van der Waals surface area contributed by atoms with Crippen LogP contribution in [0.4, 0.5) is 10.1 Å². The van der Waals surface area contributed by atoms with Crippen molar-refractivity contribution in [1.29, 1.82) is 0 Å². The summed E-state index contributed by atoms with van der Waals surface area (Å²) in [6.07, 6.45) is 2.93. The third-order valence-electron chi connectivity index (χ3n) is 3.44. The third-order valence-corrected chi connectivity index (χ3v) is 3.44. The monoisotopic (exact) mass is 313 g/mol. The normalized spacial score (nSPS) is 10.8. The molecule has 0 spiro atoms. The molecule has 0 atom stereocenters. The quantitative estimate of drug-likeness (QED) is 0.322. The highest BCUT2D eigenvalue weighted by Crippen LogP contribution is 2.31. The molecule has 0 saturated heterocycles. The molecule has 0 aliphatic heterocycles. The van der Waals surface area contributed by atoms with Crippen molar-refractivity contribution in [2.24, 2.45) is 0 Å². The zero-order valence-corrected chi connectivity index (χ0v) is 11.8. The number of nitrogens with zero attached hydrogens (tertiary/aromatic N) is 2. The smallest absolute Gasteiger partial charge is 0.305 e. The van der Waals surface area contributed by atoms with Crippen LogP contribution in [0.1, 0.15) is 15.9 Å². The lowest BCUT2D eigenvalue weighted by molar-refractivity contribution is -0.387. The average molecular weight is 313 g/mol. The number of ketones is 1. The Balaban J connectivity index is 2.22. The Labute approximate surface area is 129 Å². The van der Waals surface area contributed by atoms with Gasteiger partial charge in [-0.05, 0) is 6.07 Å². The summed E-state index contributed by atoms with van der Waals surface area (Å²) in [6.45, 7) is 0. The summed E-state index contributed by atoms with van der Waals surface area (Å²) in [4.78, 5) is 29.3. The number of phenolic OH excluding ortho intramolecular Hbond substituents is 1. The number of aromatic hydroxyl groups is 1. The van der Waals surface area contributed by atoms with Gasteiger partial charge in [0.05, 0.1) is 4.92 Å². The van der Waals surface area contributed by atoms with Crippen LogP contribution >= 0.6 is 0 Å². The number of carbonyl (C=O) groups is 1. The van der Waals surface area contributed by atoms with Crippen molar-refractivity contribution >= 4 is 35.8 Å². The summed E-state index contributed by atoms with van der Waals surface area (Å²) in [7, 11) is 1.78. The van der Waals surface area contributed by atoms with Gasteiger partial charge in [0.25, 0.3) is 0 Å². The number of aromatic nitrogens is 2. The first-order chi connectivity index (χ1) is 10.9. The minimum absolute atomic E-state index is 0.0749. The lowest BCUT2D eigenvalue weighted by Crippen LogP contribution is -2.08. The van der Waals surface area contributed by atoms with Crippen LogP contribution < -0.4 is 5.46 Å². The molecule has 23 heavy (non-hydrogen) atoms. The molecular formula is C14H9BFN3O4. The Bertz CT molecular complexity index is 970. The second kappa shape index (κ2) is 5.20. The Morgan fingerprint density at radius 3 is 2.87 bits per heavy atom. The SMILES string of the molecule is Bc1cnc2[nH]cc(C(=O)c3c(O)ccc([N+](=O)[O-])c3F)c2c1. The van der Waals surface area contributed by atoms with Crippen molar-refractivity contribution in [2.45, 2.75) is 0 Å². The van der Waals surface area contributed by atoms with Crippen molar-refractivity contribution in [3.63, 3.8) is 0 Å². The van der Waals surface area contributed by atoms with Gasteiger partial charge in [-0.15, -0.1) is 0 Å². The van der Waals surface area contributed by atoms with E-state index in [1.807, 2.05) is 0 Å². The topological polar surface area (TPSA) is 109 Å². The van der Waals surface area contributed by atoms with E-state index in [4.69, 9.17) is 0 Å². The number of carbonyl (C=O) groups excluding carboxylic acids is 1. The summed E-state index contributed by atoms with van der Waals surface area (Å²) in [5.74, 6) is -2.88. The number of nitrogens with one attached hydrogen (secondary N) is 1. The molecule has 1 aromatic carbocycles. The molecule has 3 rings (SSSR count). The molecule has 9 heteroatoms. The van der Waals surface area contributed by atoms with Crippen LogP contribution in [-0.2, 0) is 0 Å².